The average Bonchev–Trinajstić information content (AvgIpc) is 2.70. The molecule has 1 aromatic heterocycles. The topological polar surface area (TPSA) is 62.6 Å². The first-order valence-corrected chi connectivity index (χ1v) is 9.26. The van der Waals surface area contributed by atoms with Gasteiger partial charge in [-0.05, 0) is 24.1 Å². The van der Waals surface area contributed by atoms with E-state index in [2.05, 4.69) is 5.32 Å². The molecule has 1 heterocycles. The lowest BCUT2D eigenvalue weighted by Crippen LogP contribution is -2.31. The highest BCUT2D eigenvalue weighted by Crippen LogP contribution is 2.20. The Morgan fingerprint density at radius 3 is 2.59 bits per heavy atom. The van der Waals surface area contributed by atoms with Crippen LogP contribution in [0.15, 0.2) is 69.9 Å². The Bertz CT molecular complexity index is 950. The molecule has 3 rings (SSSR count). The molecular formula is C22H24N2O3. The summed E-state index contributed by atoms with van der Waals surface area (Å²) in [7, 11) is 0. The summed E-state index contributed by atoms with van der Waals surface area (Å²) in [5.74, 6) is 0.143. The molecular weight excluding hydrogens is 340 g/mol. The highest BCUT2D eigenvalue weighted by atomic mass is 16.4. The summed E-state index contributed by atoms with van der Waals surface area (Å²) in [6.45, 7) is 3.82. The third-order valence-corrected chi connectivity index (χ3v) is 4.44. The fraction of sp³-hybridized carbons (Fsp3) is 0.273. The number of rotatable bonds is 8. The molecule has 3 aromatic rings. The van der Waals surface area contributed by atoms with Gasteiger partial charge in [0.2, 0.25) is 5.91 Å². The number of nitrogens with one attached hydrogen (secondary N) is 1. The molecule has 0 aliphatic heterocycles. The fourth-order valence-corrected chi connectivity index (χ4v) is 3.07. The van der Waals surface area contributed by atoms with Crippen LogP contribution < -0.4 is 10.9 Å². The number of carbonyl (C=O) groups excluding carboxylic acids is 1. The normalized spacial score (nSPS) is 10.7. The van der Waals surface area contributed by atoms with Crippen LogP contribution in [0.25, 0.3) is 11.0 Å². The van der Waals surface area contributed by atoms with E-state index in [0.717, 1.165) is 23.1 Å². The Hall–Kier alpha value is -3.08. The Balaban J connectivity index is 1.61. The van der Waals surface area contributed by atoms with Gasteiger partial charge in [0.1, 0.15) is 5.58 Å². The molecule has 1 N–H and O–H groups in total. The van der Waals surface area contributed by atoms with Gasteiger partial charge in [-0.3, -0.25) is 4.79 Å². The van der Waals surface area contributed by atoms with E-state index >= 15 is 0 Å². The van der Waals surface area contributed by atoms with Crippen molar-refractivity contribution in [1.82, 2.24) is 4.90 Å². The molecule has 0 saturated carbocycles. The number of amides is 1. The molecule has 5 nitrogen and oxygen atoms in total. The molecule has 0 aliphatic carbocycles. The van der Waals surface area contributed by atoms with Crippen molar-refractivity contribution in [2.45, 2.75) is 26.3 Å². The second-order valence-corrected chi connectivity index (χ2v) is 6.41. The van der Waals surface area contributed by atoms with E-state index < -0.39 is 0 Å². The van der Waals surface area contributed by atoms with Crippen molar-refractivity contribution in [3.05, 3.63) is 76.6 Å². The lowest BCUT2D eigenvalue weighted by Gasteiger charge is -2.22. The summed E-state index contributed by atoms with van der Waals surface area (Å²) < 4.78 is 5.21. The second kappa shape index (κ2) is 9.03. The van der Waals surface area contributed by atoms with Gasteiger partial charge in [0.25, 0.3) is 0 Å². The summed E-state index contributed by atoms with van der Waals surface area (Å²) >= 11 is 0. The molecule has 0 radical (unpaired) electrons. The highest BCUT2D eigenvalue weighted by Gasteiger charge is 2.12. The van der Waals surface area contributed by atoms with Gasteiger partial charge in [-0.25, -0.2) is 4.79 Å². The SMILES string of the molecule is CCC(=O)N(CCCNc1cc(=O)oc2ccccc12)Cc1ccccc1. The van der Waals surface area contributed by atoms with Crippen LogP contribution in [0.4, 0.5) is 5.69 Å². The van der Waals surface area contributed by atoms with Crippen molar-refractivity contribution in [1.29, 1.82) is 0 Å². The van der Waals surface area contributed by atoms with E-state index in [1.165, 1.54) is 6.07 Å². The van der Waals surface area contributed by atoms with Crippen molar-refractivity contribution in [3.63, 3.8) is 0 Å². The molecule has 0 atom stereocenters. The zero-order chi connectivity index (χ0) is 19.1. The highest BCUT2D eigenvalue weighted by molar-refractivity contribution is 5.89. The predicted molar refractivity (Wildman–Crippen MR) is 108 cm³/mol. The molecule has 0 bridgehead atoms. The minimum atomic E-state index is -0.372. The van der Waals surface area contributed by atoms with Gasteiger partial charge in [-0.15, -0.1) is 0 Å². The van der Waals surface area contributed by atoms with Crippen LogP contribution in [-0.4, -0.2) is 23.9 Å². The Labute approximate surface area is 158 Å². The van der Waals surface area contributed by atoms with Crippen LogP contribution in [0.2, 0.25) is 0 Å². The number of para-hydroxylation sites is 1. The second-order valence-electron chi connectivity index (χ2n) is 6.41. The largest absolute Gasteiger partial charge is 0.423 e. The maximum absolute atomic E-state index is 12.3. The number of fused-ring (bicyclic) bond motifs is 1. The van der Waals surface area contributed by atoms with Crippen molar-refractivity contribution in [3.8, 4) is 0 Å². The Kier molecular flexibility index (Phi) is 6.26. The van der Waals surface area contributed by atoms with Gasteiger partial charge in [-0.2, -0.15) is 0 Å². The predicted octanol–water partition coefficient (Wildman–Crippen LogP) is 4.03. The molecule has 0 unspecified atom stereocenters. The molecule has 0 saturated heterocycles. The summed E-state index contributed by atoms with van der Waals surface area (Å²) in [5.41, 5.74) is 2.08. The van der Waals surface area contributed by atoms with Crippen LogP contribution in [0.3, 0.4) is 0 Å². The van der Waals surface area contributed by atoms with E-state index in [9.17, 15) is 9.59 Å². The van der Waals surface area contributed by atoms with Gasteiger partial charge in [-0.1, -0.05) is 49.4 Å². The lowest BCUT2D eigenvalue weighted by atomic mass is 10.2. The first-order valence-electron chi connectivity index (χ1n) is 9.26. The minimum absolute atomic E-state index is 0.143. The molecule has 1 amide bonds. The quantitative estimate of drug-likeness (QED) is 0.484. The summed E-state index contributed by atoms with van der Waals surface area (Å²) in [4.78, 5) is 25.9. The van der Waals surface area contributed by atoms with Crippen molar-refractivity contribution in [2.24, 2.45) is 0 Å². The molecule has 0 fully saturated rings. The summed E-state index contributed by atoms with van der Waals surface area (Å²) in [6, 6.07) is 18.9. The Morgan fingerprint density at radius 2 is 1.81 bits per heavy atom. The van der Waals surface area contributed by atoms with Gasteiger partial charge < -0.3 is 14.6 Å². The fourth-order valence-electron chi connectivity index (χ4n) is 3.07. The number of hydrogen-bond donors (Lipinski definition) is 1. The van der Waals surface area contributed by atoms with E-state index in [-0.39, 0.29) is 11.5 Å². The van der Waals surface area contributed by atoms with Crippen molar-refractivity contribution in [2.75, 3.05) is 18.4 Å². The third-order valence-electron chi connectivity index (χ3n) is 4.44. The first kappa shape index (κ1) is 18.7. The van der Waals surface area contributed by atoms with E-state index in [1.54, 1.807) is 6.07 Å². The maximum Gasteiger partial charge on any atom is 0.338 e. The summed E-state index contributed by atoms with van der Waals surface area (Å²) in [5, 5.41) is 4.18. The number of benzene rings is 2. The number of hydrogen-bond acceptors (Lipinski definition) is 4. The van der Waals surface area contributed by atoms with Crippen molar-refractivity contribution < 1.29 is 9.21 Å². The average molecular weight is 364 g/mol. The van der Waals surface area contributed by atoms with Gasteiger partial charge in [0, 0.05) is 37.5 Å². The Morgan fingerprint density at radius 1 is 1.07 bits per heavy atom. The van der Waals surface area contributed by atoms with Gasteiger partial charge in [0.05, 0.1) is 5.69 Å². The zero-order valence-corrected chi connectivity index (χ0v) is 15.5. The molecule has 27 heavy (non-hydrogen) atoms. The lowest BCUT2D eigenvalue weighted by molar-refractivity contribution is -0.131. The van der Waals surface area contributed by atoms with Gasteiger partial charge in [0.15, 0.2) is 0 Å². The summed E-state index contributed by atoms with van der Waals surface area (Å²) in [6.07, 6.45) is 1.28. The van der Waals surface area contributed by atoms with Crippen LogP contribution in [0.1, 0.15) is 25.3 Å². The van der Waals surface area contributed by atoms with Crippen LogP contribution in [0, 0.1) is 0 Å². The van der Waals surface area contributed by atoms with E-state index in [0.29, 0.717) is 31.6 Å². The maximum atomic E-state index is 12.3. The van der Waals surface area contributed by atoms with Crippen LogP contribution >= 0.6 is 0 Å². The number of nitrogens with zero attached hydrogens (tertiary/aromatic N) is 1. The van der Waals surface area contributed by atoms with E-state index in [4.69, 9.17) is 4.42 Å². The van der Waals surface area contributed by atoms with Crippen LogP contribution in [0.5, 0.6) is 0 Å². The smallest absolute Gasteiger partial charge is 0.338 e. The molecule has 2 aromatic carbocycles. The molecule has 5 heteroatoms. The molecule has 0 spiro atoms. The monoisotopic (exact) mass is 364 g/mol. The minimum Gasteiger partial charge on any atom is -0.423 e. The standard InChI is InChI=1S/C22H24N2O3/c1-2-21(25)24(16-17-9-4-3-5-10-17)14-8-13-23-19-15-22(26)27-20-12-7-6-11-18(19)20/h3-7,9-12,15,23H,2,8,13-14,16H2,1H3. The molecule has 140 valence electrons. The number of anilines is 1. The number of carbonyl (C=O) groups is 1. The first-order chi connectivity index (χ1) is 13.2. The van der Waals surface area contributed by atoms with E-state index in [1.807, 2.05) is 60.4 Å². The molecule has 0 aliphatic rings. The van der Waals surface area contributed by atoms with Crippen LogP contribution in [-0.2, 0) is 11.3 Å². The van der Waals surface area contributed by atoms with Gasteiger partial charge >= 0.3 is 5.63 Å². The third kappa shape index (κ3) is 4.97. The van der Waals surface area contributed by atoms with Crippen molar-refractivity contribution >= 4 is 22.6 Å². The zero-order valence-electron chi connectivity index (χ0n) is 15.5.